The van der Waals surface area contributed by atoms with E-state index in [-0.39, 0.29) is 0 Å². The lowest BCUT2D eigenvalue weighted by Gasteiger charge is -2.31. The van der Waals surface area contributed by atoms with E-state index in [9.17, 15) is 0 Å². The van der Waals surface area contributed by atoms with E-state index in [4.69, 9.17) is 23.2 Å². The number of likely N-dealkylation sites (N-methyl/N-ethyl adjacent to an activating group) is 1. The summed E-state index contributed by atoms with van der Waals surface area (Å²) < 4.78 is 0. The zero-order valence-corrected chi connectivity index (χ0v) is 13.9. The first-order valence-electron chi connectivity index (χ1n) is 7.39. The van der Waals surface area contributed by atoms with Gasteiger partial charge in [-0.05, 0) is 56.6 Å². The summed E-state index contributed by atoms with van der Waals surface area (Å²) in [7, 11) is 2.16. The van der Waals surface area contributed by atoms with Gasteiger partial charge < -0.3 is 9.80 Å². The second-order valence-electron chi connectivity index (χ2n) is 6.01. The van der Waals surface area contributed by atoms with Crippen LogP contribution >= 0.6 is 23.2 Å². The number of hydrogen-bond acceptors (Lipinski definition) is 2. The SMILES string of the molecule is CC1CCN(CCN(C)Cc2ccc(Cl)c(Cl)c2)CC1. The first-order valence-corrected chi connectivity index (χ1v) is 8.15. The molecule has 112 valence electrons. The summed E-state index contributed by atoms with van der Waals surface area (Å²) in [6.45, 7) is 8.03. The Morgan fingerprint density at radius 2 is 1.90 bits per heavy atom. The third-order valence-corrected chi connectivity index (χ3v) is 4.85. The number of benzene rings is 1. The molecule has 1 aliphatic rings. The molecule has 0 N–H and O–H groups in total. The first kappa shape index (κ1) is 16.1. The minimum absolute atomic E-state index is 0.625. The molecular formula is C16H24Cl2N2. The fourth-order valence-corrected chi connectivity index (χ4v) is 2.95. The van der Waals surface area contributed by atoms with Crippen LogP contribution in [0.15, 0.2) is 18.2 Å². The number of piperidine rings is 1. The van der Waals surface area contributed by atoms with Crippen molar-refractivity contribution in [2.24, 2.45) is 5.92 Å². The number of hydrogen-bond donors (Lipinski definition) is 0. The summed E-state index contributed by atoms with van der Waals surface area (Å²) in [5.74, 6) is 0.903. The van der Waals surface area contributed by atoms with E-state index >= 15 is 0 Å². The molecule has 0 bridgehead atoms. The largest absolute Gasteiger partial charge is 0.302 e. The van der Waals surface area contributed by atoms with E-state index < -0.39 is 0 Å². The molecule has 0 radical (unpaired) electrons. The average Bonchev–Trinajstić information content (AvgIpc) is 2.42. The monoisotopic (exact) mass is 314 g/mol. The second-order valence-corrected chi connectivity index (χ2v) is 6.82. The fourth-order valence-electron chi connectivity index (χ4n) is 2.63. The van der Waals surface area contributed by atoms with Crippen molar-refractivity contribution in [2.45, 2.75) is 26.3 Å². The molecule has 0 unspecified atom stereocenters. The van der Waals surface area contributed by atoms with E-state index in [2.05, 4.69) is 23.8 Å². The second kappa shape index (κ2) is 7.65. The van der Waals surface area contributed by atoms with Crippen molar-refractivity contribution >= 4 is 23.2 Å². The van der Waals surface area contributed by atoms with Gasteiger partial charge in [0.2, 0.25) is 0 Å². The van der Waals surface area contributed by atoms with Crippen molar-refractivity contribution in [3.05, 3.63) is 33.8 Å². The molecule has 20 heavy (non-hydrogen) atoms. The summed E-state index contributed by atoms with van der Waals surface area (Å²) in [6.07, 6.45) is 2.69. The van der Waals surface area contributed by atoms with Crippen molar-refractivity contribution in [2.75, 3.05) is 33.2 Å². The molecular weight excluding hydrogens is 291 g/mol. The molecule has 2 nitrogen and oxygen atoms in total. The van der Waals surface area contributed by atoms with E-state index in [1.165, 1.54) is 31.5 Å². The number of likely N-dealkylation sites (tertiary alicyclic amines) is 1. The van der Waals surface area contributed by atoms with Crippen LogP contribution in [0.1, 0.15) is 25.3 Å². The van der Waals surface area contributed by atoms with Gasteiger partial charge in [-0.15, -0.1) is 0 Å². The highest BCUT2D eigenvalue weighted by Crippen LogP contribution is 2.23. The Hall–Kier alpha value is -0.280. The summed E-state index contributed by atoms with van der Waals surface area (Å²) in [5, 5.41) is 1.27. The first-order chi connectivity index (χ1) is 9.54. The molecule has 2 rings (SSSR count). The van der Waals surface area contributed by atoms with Gasteiger partial charge in [0, 0.05) is 19.6 Å². The van der Waals surface area contributed by atoms with Crippen LogP contribution in [0.25, 0.3) is 0 Å². The van der Waals surface area contributed by atoms with Gasteiger partial charge in [0.15, 0.2) is 0 Å². The molecule has 1 aliphatic heterocycles. The van der Waals surface area contributed by atoms with Crippen LogP contribution in [-0.2, 0) is 6.54 Å². The van der Waals surface area contributed by atoms with Crippen LogP contribution in [0.4, 0.5) is 0 Å². The van der Waals surface area contributed by atoms with E-state index in [0.29, 0.717) is 10.0 Å². The molecule has 1 heterocycles. The Morgan fingerprint density at radius 3 is 2.55 bits per heavy atom. The van der Waals surface area contributed by atoms with Gasteiger partial charge in [-0.25, -0.2) is 0 Å². The van der Waals surface area contributed by atoms with Crippen LogP contribution in [0.3, 0.4) is 0 Å². The molecule has 1 aromatic rings. The molecule has 1 aromatic carbocycles. The number of rotatable bonds is 5. The summed E-state index contributed by atoms with van der Waals surface area (Å²) >= 11 is 12.0. The Balaban J connectivity index is 1.74. The van der Waals surface area contributed by atoms with Crippen LogP contribution in [0.5, 0.6) is 0 Å². The summed E-state index contributed by atoms with van der Waals surface area (Å²) in [6, 6.07) is 5.88. The molecule has 0 aliphatic carbocycles. The maximum Gasteiger partial charge on any atom is 0.0595 e. The predicted octanol–water partition coefficient (Wildman–Crippen LogP) is 4.16. The van der Waals surface area contributed by atoms with E-state index in [1.54, 1.807) is 0 Å². The lowest BCUT2D eigenvalue weighted by molar-refractivity contribution is 0.169. The molecule has 1 fully saturated rings. The summed E-state index contributed by atoms with van der Waals surface area (Å²) in [5.41, 5.74) is 1.22. The van der Waals surface area contributed by atoms with Crippen molar-refractivity contribution < 1.29 is 0 Å². The maximum absolute atomic E-state index is 6.05. The Kier molecular flexibility index (Phi) is 6.16. The van der Waals surface area contributed by atoms with E-state index in [0.717, 1.165) is 25.6 Å². The van der Waals surface area contributed by atoms with Gasteiger partial charge in [-0.3, -0.25) is 0 Å². The van der Waals surface area contributed by atoms with Gasteiger partial charge in [-0.1, -0.05) is 36.2 Å². The lowest BCUT2D eigenvalue weighted by Crippen LogP contribution is -2.38. The zero-order valence-electron chi connectivity index (χ0n) is 12.4. The molecule has 0 saturated carbocycles. The Morgan fingerprint density at radius 1 is 1.20 bits per heavy atom. The third kappa shape index (κ3) is 4.92. The highest BCUT2D eigenvalue weighted by Gasteiger charge is 2.15. The molecule has 4 heteroatoms. The third-order valence-electron chi connectivity index (χ3n) is 4.11. The molecule has 0 atom stereocenters. The van der Waals surface area contributed by atoms with Gasteiger partial charge in [0.25, 0.3) is 0 Å². The van der Waals surface area contributed by atoms with Crippen LogP contribution in [0.2, 0.25) is 10.0 Å². The van der Waals surface area contributed by atoms with Gasteiger partial charge in [-0.2, -0.15) is 0 Å². The standard InChI is InChI=1S/C16H24Cl2N2/c1-13-5-7-20(8-6-13)10-9-19(2)12-14-3-4-15(17)16(18)11-14/h3-4,11,13H,5-10,12H2,1-2H3. The van der Waals surface area contributed by atoms with E-state index in [1.807, 2.05) is 18.2 Å². The lowest BCUT2D eigenvalue weighted by atomic mass is 9.99. The van der Waals surface area contributed by atoms with Crippen molar-refractivity contribution in [3.8, 4) is 0 Å². The van der Waals surface area contributed by atoms with Crippen molar-refractivity contribution in [1.82, 2.24) is 9.80 Å². The Labute approximate surface area is 132 Å². The van der Waals surface area contributed by atoms with Gasteiger partial charge in [0.1, 0.15) is 0 Å². The summed E-state index contributed by atoms with van der Waals surface area (Å²) in [4.78, 5) is 4.92. The molecule has 1 saturated heterocycles. The van der Waals surface area contributed by atoms with Crippen molar-refractivity contribution in [1.29, 1.82) is 0 Å². The van der Waals surface area contributed by atoms with Crippen LogP contribution in [-0.4, -0.2) is 43.0 Å². The minimum atomic E-state index is 0.625. The van der Waals surface area contributed by atoms with Crippen molar-refractivity contribution in [3.63, 3.8) is 0 Å². The molecule has 0 aromatic heterocycles. The number of halogens is 2. The maximum atomic E-state index is 6.05. The topological polar surface area (TPSA) is 6.48 Å². The molecule has 0 spiro atoms. The Bertz CT molecular complexity index is 428. The quantitative estimate of drug-likeness (QED) is 0.805. The van der Waals surface area contributed by atoms with Crippen LogP contribution in [0, 0.1) is 5.92 Å². The fraction of sp³-hybridized carbons (Fsp3) is 0.625. The van der Waals surface area contributed by atoms with Gasteiger partial charge in [0.05, 0.1) is 10.0 Å². The number of nitrogens with zero attached hydrogens (tertiary/aromatic N) is 2. The minimum Gasteiger partial charge on any atom is -0.302 e. The highest BCUT2D eigenvalue weighted by molar-refractivity contribution is 6.42. The molecule has 0 amide bonds. The highest BCUT2D eigenvalue weighted by atomic mass is 35.5. The average molecular weight is 315 g/mol. The normalized spacial score (nSPS) is 17.9. The van der Waals surface area contributed by atoms with Gasteiger partial charge >= 0.3 is 0 Å². The predicted molar refractivity (Wildman–Crippen MR) is 87.6 cm³/mol. The van der Waals surface area contributed by atoms with Crippen LogP contribution < -0.4 is 0 Å². The zero-order chi connectivity index (χ0) is 14.5. The smallest absolute Gasteiger partial charge is 0.0595 e.